The van der Waals surface area contributed by atoms with Crippen LogP contribution >= 0.6 is 11.3 Å². The number of aliphatic hydroxyl groups excluding tert-OH is 2. The van der Waals surface area contributed by atoms with Gasteiger partial charge in [-0.3, -0.25) is 38.9 Å². The number of carboxylic acids is 2. The van der Waals surface area contributed by atoms with Crippen LogP contribution in [0, 0.1) is 23.2 Å². The number of nitrogens with zero attached hydrogens (tertiary/aromatic N) is 7. The van der Waals surface area contributed by atoms with Gasteiger partial charge in [0.05, 0.1) is 54.1 Å². The van der Waals surface area contributed by atoms with Crippen LogP contribution in [0.2, 0.25) is 0 Å². The summed E-state index contributed by atoms with van der Waals surface area (Å²) in [6.45, 7) is 13.3. The van der Waals surface area contributed by atoms with Crippen LogP contribution in [0.15, 0.2) is 91.2 Å². The standard InChI is InChI=1S/C77H94N10O18S/c1-8-76(46-87-47(2)52(39-79-87)50-21-24-61(82-66(50)70(97)98)85-31-28-49-53(40-85)51(20-23-57(49)101-7)68(94)83-72-81-54-16-11-12-17-60(54)106-72)43-75(5)41-74(3,4)42-77(44-75,45-76)103-36-33-84(32-35-100-6)73(99)102-34-14-15-48-19-22-58(104-71-67(93)56(88)38-59(105-71)69(95)96)55(37-48)80-63(90)27-29-78-62(89)18-10-9-13-30-86-64(91)25-26-65(86)92/h11-12,14-17,19-26,37,39,56,59,67,71,88,93H,8-10,13,18,27-36,38,40-46H2,1-7H3,(H,78,89)(H,80,90)(H,95,96)(H,97,98)(H,81,83,94)/b15-14+/t56-,59-,67+,71+,75?,76?,77?/m0/s1. The van der Waals surface area contributed by atoms with Crippen LogP contribution in [0.4, 0.5) is 21.4 Å². The van der Waals surface area contributed by atoms with Crippen LogP contribution in [0.5, 0.6) is 11.5 Å². The number of para-hydroxylation sites is 1. The number of aliphatic hydroxyl groups is 2. The van der Waals surface area contributed by atoms with E-state index in [1.54, 1.807) is 61.7 Å². The van der Waals surface area contributed by atoms with E-state index in [0.29, 0.717) is 84.1 Å². The summed E-state index contributed by atoms with van der Waals surface area (Å²) in [5.74, 6) is -3.38. The fourth-order valence-electron chi connectivity index (χ4n) is 16.4. The molecule has 7 atom stereocenters. The van der Waals surface area contributed by atoms with E-state index in [2.05, 4.69) is 48.6 Å². The second kappa shape index (κ2) is 33.4. The van der Waals surface area contributed by atoms with Gasteiger partial charge in [0.15, 0.2) is 16.9 Å². The monoisotopic (exact) mass is 1480 g/mol. The Morgan fingerprint density at radius 3 is 2.35 bits per heavy atom. The molecule has 2 aliphatic carbocycles. The number of ether oxygens (including phenoxy) is 6. The molecular weight excluding hydrogens is 1380 g/mol. The number of amides is 6. The average Bonchev–Trinajstić information content (AvgIpc) is 0.724. The first-order chi connectivity index (χ1) is 50.7. The lowest BCUT2D eigenvalue weighted by molar-refractivity contribution is -0.238. The van der Waals surface area contributed by atoms with Crippen LogP contribution in [0.3, 0.4) is 0 Å². The van der Waals surface area contributed by atoms with Gasteiger partial charge in [-0.15, -0.1) is 0 Å². The average molecular weight is 1480 g/mol. The summed E-state index contributed by atoms with van der Waals surface area (Å²) in [5, 5.41) is 55.7. The molecule has 6 heterocycles. The second-order valence-electron chi connectivity index (χ2n) is 29.4. The van der Waals surface area contributed by atoms with Gasteiger partial charge in [-0.25, -0.2) is 24.4 Å². The van der Waals surface area contributed by atoms with Gasteiger partial charge < -0.3 is 69.3 Å². The predicted octanol–water partition coefficient (Wildman–Crippen LogP) is 9.58. The van der Waals surface area contributed by atoms with Gasteiger partial charge in [-0.05, 0) is 147 Å². The molecule has 3 aromatic carbocycles. The van der Waals surface area contributed by atoms with Crippen LogP contribution < -0.4 is 30.3 Å². The number of hydrogen-bond donors (Lipinski definition) is 7. The van der Waals surface area contributed by atoms with Crippen molar-refractivity contribution in [3.63, 3.8) is 0 Å². The summed E-state index contributed by atoms with van der Waals surface area (Å²) in [6.07, 6.45) is 7.24. The molecule has 11 rings (SSSR count). The van der Waals surface area contributed by atoms with Crippen molar-refractivity contribution in [2.24, 2.45) is 16.2 Å². The third kappa shape index (κ3) is 18.4. The number of pyridine rings is 1. The summed E-state index contributed by atoms with van der Waals surface area (Å²) in [5.41, 5.74) is 4.17. The first kappa shape index (κ1) is 77.4. The minimum absolute atomic E-state index is 0.0286. The molecule has 566 valence electrons. The number of aliphatic carboxylic acids is 1. The van der Waals surface area contributed by atoms with Gasteiger partial charge in [0.2, 0.25) is 18.1 Å². The fraction of sp³-hybridized carbons (Fsp3) is 0.494. The molecule has 6 aromatic rings. The minimum Gasteiger partial charge on any atom is -0.496 e. The highest BCUT2D eigenvalue weighted by atomic mass is 32.1. The van der Waals surface area contributed by atoms with E-state index in [4.69, 9.17) is 38.5 Å². The number of benzene rings is 3. The number of carbonyl (C=O) groups is 8. The Morgan fingerprint density at radius 1 is 0.830 bits per heavy atom. The summed E-state index contributed by atoms with van der Waals surface area (Å²) in [7, 11) is 3.15. The number of aromatic carboxylic acids is 1. The van der Waals surface area contributed by atoms with Crippen molar-refractivity contribution in [2.45, 2.75) is 161 Å². The summed E-state index contributed by atoms with van der Waals surface area (Å²) in [4.78, 5) is 117. The summed E-state index contributed by atoms with van der Waals surface area (Å²) in [6, 6.07) is 19.4. The Bertz CT molecular complexity index is 4290. The van der Waals surface area contributed by atoms with Crippen molar-refractivity contribution in [2.75, 3.05) is 82.3 Å². The number of imide groups is 1. The number of unbranched alkanes of at least 4 members (excludes halogenated alkanes) is 2. The van der Waals surface area contributed by atoms with Crippen molar-refractivity contribution in [1.82, 2.24) is 34.9 Å². The summed E-state index contributed by atoms with van der Waals surface area (Å²) < 4.78 is 38.6. The van der Waals surface area contributed by atoms with Crippen LogP contribution in [-0.2, 0) is 62.4 Å². The zero-order valence-corrected chi connectivity index (χ0v) is 61.7. The SMILES string of the molecule is CCC1(Cn2ncc(-c3ccc(N4CCc5c(OC)ccc(C(=O)Nc6nc7ccccc7s6)c5C4)nc3C(=O)O)c2C)CC2(C)CC(C)(C)CC(OCCN(CCOC)C(=O)OC/C=C/c3ccc(O[C@@H]4O[C@H](C(=O)O)C[C@H](O)[C@H]4O)c(NC(=O)CCNC(=O)CCCCCN4C(=O)C=CC4=O)c3)(C2)C1. The molecule has 3 fully saturated rings. The molecule has 28 nitrogen and oxygen atoms in total. The third-order valence-corrected chi connectivity index (χ3v) is 21.6. The van der Waals surface area contributed by atoms with Gasteiger partial charge in [-0.1, -0.05) is 69.7 Å². The highest BCUT2D eigenvalue weighted by Gasteiger charge is 2.59. The van der Waals surface area contributed by atoms with E-state index in [1.165, 1.54) is 35.6 Å². The predicted molar refractivity (Wildman–Crippen MR) is 393 cm³/mol. The van der Waals surface area contributed by atoms with Crippen molar-refractivity contribution < 1.29 is 87.2 Å². The van der Waals surface area contributed by atoms with Crippen LogP contribution in [0.1, 0.15) is 148 Å². The van der Waals surface area contributed by atoms with Gasteiger partial charge >= 0.3 is 18.0 Å². The molecule has 1 saturated heterocycles. The van der Waals surface area contributed by atoms with Crippen molar-refractivity contribution in [1.29, 1.82) is 0 Å². The maximum absolute atomic E-state index is 14.0. The number of fused-ring (bicyclic) bond motifs is 4. The van der Waals surface area contributed by atoms with E-state index in [1.807, 2.05) is 46.8 Å². The van der Waals surface area contributed by atoms with E-state index >= 15 is 0 Å². The Balaban J connectivity index is 0.724. The molecule has 6 amide bonds. The van der Waals surface area contributed by atoms with Crippen LogP contribution in [0.25, 0.3) is 27.4 Å². The molecular formula is C77H94N10O18S. The molecule has 3 unspecified atom stereocenters. The van der Waals surface area contributed by atoms with E-state index in [9.17, 15) is 58.8 Å². The van der Waals surface area contributed by atoms with Crippen molar-refractivity contribution in [3.8, 4) is 22.6 Å². The lowest BCUT2D eigenvalue weighted by atomic mass is 9.47. The highest BCUT2D eigenvalue weighted by molar-refractivity contribution is 7.22. The zero-order chi connectivity index (χ0) is 75.7. The zero-order valence-electron chi connectivity index (χ0n) is 60.9. The highest BCUT2D eigenvalue weighted by Crippen LogP contribution is 2.64. The number of rotatable bonds is 32. The third-order valence-electron chi connectivity index (χ3n) is 20.6. The van der Waals surface area contributed by atoms with Crippen LogP contribution in [-0.4, -0.2) is 195 Å². The van der Waals surface area contributed by atoms with Gasteiger partial charge in [0.1, 0.15) is 30.0 Å². The van der Waals surface area contributed by atoms with E-state index in [-0.39, 0.29) is 129 Å². The lowest BCUT2D eigenvalue weighted by Crippen LogP contribution is -2.58. The number of methoxy groups -OCH3 is 2. The number of thiazole rings is 1. The number of aromatic nitrogens is 4. The second-order valence-corrected chi connectivity index (χ2v) is 30.4. The first-order valence-electron chi connectivity index (χ1n) is 35.9. The number of anilines is 3. The molecule has 7 N–H and O–H groups in total. The Hall–Kier alpha value is -9.65. The molecule has 106 heavy (non-hydrogen) atoms. The minimum atomic E-state index is -1.64. The topological polar surface area (TPSA) is 362 Å². The maximum atomic E-state index is 14.0. The lowest BCUT2D eigenvalue weighted by Gasteiger charge is -2.62. The summed E-state index contributed by atoms with van der Waals surface area (Å²) >= 11 is 1.39. The largest absolute Gasteiger partial charge is 0.496 e. The van der Waals surface area contributed by atoms with Crippen molar-refractivity contribution >= 4 is 91.8 Å². The molecule has 29 heteroatoms. The van der Waals surface area contributed by atoms with E-state index < -0.39 is 54.1 Å². The number of hydrogen-bond acceptors (Lipinski definition) is 21. The molecule has 2 saturated carbocycles. The number of nitrogens with one attached hydrogen (secondary N) is 3. The molecule has 3 aromatic heterocycles. The number of carbonyl (C=O) groups excluding carboxylic acids is 6. The smallest absolute Gasteiger partial charge is 0.410 e. The van der Waals surface area contributed by atoms with Gasteiger partial charge in [0.25, 0.3) is 17.7 Å². The molecule has 2 bridgehead atoms. The van der Waals surface area contributed by atoms with Gasteiger partial charge in [-0.2, -0.15) is 5.10 Å². The number of carboxylic acid groups (broad SMARTS) is 2. The maximum Gasteiger partial charge on any atom is 0.410 e. The Morgan fingerprint density at radius 2 is 1.60 bits per heavy atom. The molecule has 5 aliphatic rings. The van der Waals surface area contributed by atoms with Crippen molar-refractivity contribution in [3.05, 3.63) is 125 Å². The Kier molecular flexibility index (Phi) is 24.4. The molecule has 0 radical (unpaired) electrons. The normalized spacial score (nSPS) is 22.5. The fourth-order valence-corrected chi connectivity index (χ4v) is 17.2. The molecule has 0 spiro atoms. The van der Waals surface area contributed by atoms with E-state index in [0.717, 1.165) is 64.0 Å². The quantitative estimate of drug-likeness (QED) is 0.0153. The Labute approximate surface area is 618 Å². The first-order valence-corrected chi connectivity index (χ1v) is 36.8. The molecule has 3 aliphatic heterocycles. The van der Waals surface area contributed by atoms with Gasteiger partial charge in [0, 0.05) is 112 Å².